The molecule has 4 rings (SSSR count). The van der Waals surface area contributed by atoms with Crippen LogP contribution in [0.1, 0.15) is 50.2 Å². The maximum absolute atomic E-state index is 14.4. The van der Waals surface area contributed by atoms with Gasteiger partial charge in [0.15, 0.2) is 0 Å². The molecule has 35 heavy (non-hydrogen) atoms. The molecule has 0 radical (unpaired) electrons. The Morgan fingerprint density at radius 2 is 1.37 bits per heavy atom. The third kappa shape index (κ3) is 3.75. The third-order valence-corrected chi connectivity index (χ3v) is 7.03. The van der Waals surface area contributed by atoms with Crippen LogP contribution in [0, 0.1) is 5.41 Å². The molecule has 2 atom stereocenters. The van der Waals surface area contributed by atoms with Gasteiger partial charge in [0.05, 0.1) is 6.61 Å². The van der Waals surface area contributed by atoms with Crippen LogP contribution >= 0.6 is 0 Å². The molecule has 0 N–H and O–H groups in total. The fraction of sp³-hybridized carbons (Fsp3) is 0.357. The Morgan fingerprint density at radius 3 is 1.86 bits per heavy atom. The zero-order valence-corrected chi connectivity index (χ0v) is 20.3. The number of ether oxygens (including phenoxy) is 1. The lowest BCUT2D eigenvalue weighted by Crippen LogP contribution is -2.69. The first-order valence-corrected chi connectivity index (χ1v) is 12.1. The van der Waals surface area contributed by atoms with Crippen LogP contribution in [0.3, 0.4) is 0 Å². The van der Waals surface area contributed by atoms with E-state index in [2.05, 4.69) is 0 Å². The number of urea groups is 1. The molecule has 1 fully saturated rings. The monoisotopic (exact) mass is 474 g/mol. The van der Waals surface area contributed by atoms with Gasteiger partial charge in [0.25, 0.3) is 0 Å². The first-order valence-electron chi connectivity index (χ1n) is 12.1. The number of amides is 4. The Morgan fingerprint density at radius 1 is 0.857 bits per heavy atom. The summed E-state index contributed by atoms with van der Waals surface area (Å²) in [4.78, 5) is 57.4. The maximum Gasteiger partial charge on any atom is 0.334 e. The summed E-state index contributed by atoms with van der Waals surface area (Å²) in [5.41, 5.74) is -0.000773. The molecular formula is C28H30N2O5. The smallest absolute Gasteiger partial charge is 0.334 e. The minimum absolute atomic E-state index is 0.116. The average Bonchev–Trinajstić information content (AvgIpc) is 2.88. The summed E-state index contributed by atoms with van der Waals surface area (Å²) < 4.78 is 5.38. The number of nitrogens with zero attached hydrogens (tertiary/aromatic N) is 2. The van der Waals surface area contributed by atoms with Gasteiger partial charge in [-0.3, -0.25) is 19.4 Å². The number of allylic oxidation sites excluding steroid dienone is 1. The standard InChI is InChI=1S/C28H30N2O5/c1-4-29-25(32)28(26(33)30(5-2)27(29)34)22(19-13-9-7-10-14-19)18-17-21(24(31)35-6-3)23(28)20-15-11-8-12-16-20/h7-17,22-23H,4-6,18H2,1-3H3/t22-,23-/m0/s1. The lowest BCUT2D eigenvalue weighted by molar-refractivity contribution is -0.163. The highest BCUT2D eigenvalue weighted by molar-refractivity contribution is 6.21. The van der Waals surface area contributed by atoms with E-state index in [-0.39, 0.29) is 31.7 Å². The first-order chi connectivity index (χ1) is 16.9. The van der Waals surface area contributed by atoms with Gasteiger partial charge in [0, 0.05) is 30.5 Å². The zero-order chi connectivity index (χ0) is 25.2. The minimum atomic E-state index is -1.72. The Bertz CT molecular complexity index is 1130. The van der Waals surface area contributed by atoms with E-state index in [1.54, 1.807) is 26.8 Å². The van der Waals surface area contributed by atoms with Crippen molar-refractivity contribution in [1.82, 2.24) is 9.80 Å². The van der Waals surface area contributed by atoms with Gasteiger partial charge >= 0.3 is 12.0 Å². The highest BCUT2D eigenvalue weighted by atomic mass is 16.5. The number of imide groups is 2. The normalized spacial score (nSPS) is 21.8. The summed E-state index contributed by atoms with van der Waals surface area (Å²) in [5, 5.41) is 0. The summed E-state index contributed by atoms with van der Waals surface area (Å²) >= 11 is 0. The van der Waals surface area contributed by atoms with E-state index in [1.807, 2.05) is 60.7 Å². The van der Waals surface area contributed by atoms with Crippen LogP contribution in [0.5, 0.6) is 0 Å². The first kappa shape index (κ1) is 24.4. The van der Waals surface area contributed by atoms with Gasteiger partial charge in [0.1, 0.15) is 5.41 Å². The predicted octanol–water partition coefficient (Wildman–Crippen LogP) is 4.26. The van der Waals surface area contributed by atoms with Crippen LogP contribution in [-0.4, -0.2) is 53.3 Å². The van der Waals surface area contributed by atoms with E-state index in [1.165, 1.54) is 0 Å². The minimum Gasteiger partial charge on any atom is -0.463 e. The van der Waals surface area contributed by atoms with E-state index in [0.29, 0.717) is 5.56 Å². The van der Waals surface area contributed by atoms with E-state index in [4.69, 9.17) is 4.74 Å². The van der Waals surface area contributed by atoms with Gasteiger partial charge in [0.2, 0.25) is 11.8 Å². The predicted molar refractivity (Wildman–Crippen MR) is 130 cm³/mol. The van der Waals surface area contributed by atoms with Crippen molar-refractivity contribution in [3.05, 3.63) is 83.4 Å². The molecule has 1 aliphatic carbocycles. The number of carbonyl (C=O) groups excluding carboxylic acids is 4. The number of hydrogen-bond acceptors (Lipinski definition) is 5. The maximum atomic E-state index is 14.4. The SMILES string of the molecule is CCOC(=O)C1=CC[C@@H](c2ccccc2)C2(C(=O)N(CC)C(=O)N(CC)C2=O)[C@H]1c1ccccc1. The molecule has 2 aromatic carbocycles. The zero-order valence-electron chi connectivity index (χ0n) is 20.3. The number of hydrogen-bond donors (Lipinski definition) is 0. The van der Waals surface area contributed by atoms with Crippen molar-refractivity contribution in [2.24, 2.45) is 5.41 Å². The van der Waals surface area contributed by atoms with Crippen molar-refractivity contribution in [3.63, 3.8) is 0 Å². The average molecular weight is 475 g/mol. The Hall–Kier alpha value is -3.74. The van der Waals surface area contributed by atoms with E-state index < -0.39 is 41.1 Å². The molecule has 0 bridgehead atoms. The van der Waals surface area contributed by atoms with E-state index >= 15 is 0 Å². The highest BCUT2D eigenvalue weighted by Gasteiger charge is 2.67. The molecule has 7 heteroatoms. The number of benzene rings is 2. The van der Waals surface area contributed by atoms with Gasteiger partial charge in [-0.05, 0) is 38.3 Å². The number of rotatable bonds is 6. The van der Waals surface area contributed by atoms with Gasteiger partial charge in [-0.25, -0.2) is 9.59 Å². The molecule has 1 heterocycles. The van der Waals surface area contributed by atoms with Crippen LogP contribution in [0.2, 0.25) is 0 Å². The third-order valence-electron chi connectivity index (χ3n) is 7.03. The molecule has 7 nitrogen and oxygen atoms in total. The van der Waals surface area contributed by atoms with Gasteiger partial charge in [-0.1, -0.05) is 66.7 Å². The van der Waals surface area contributed by atoms with Gasteiger partial charge in [-0.15, -0.1) is 0 Å². The topological polar surface area (TPSA) is 84.0 Å². The van der Waals surface area contributed by atoms with Crippen LogP contribution in [-0.2, 0) is 19.1 Å². The molecule has 1 aliphatic heterocycles. The van der Waals surface area contributed by atoms with E-state index in [0.717, 1.165) is 15.4 Å². The van der Waals surface area contributed by atoms with Crippen LogP contribution in [0.4, 0.5) is 4.79 Å². The van der Waals surface area contributed by atoms with Crippen molar-refractivity contribution in [2.45, 2.75) is 39.0 Å². The molecule has 4 amide bonds. The second-order valence-electron chi connectivity index (χ2n) is 8.67. The second-order valence-corrected chi connectivity index (χ2v) is 8.67. The lowest BCUT2D eigenvalue weighted by Gasteiger charge is -2.52. The van der Waals surface area contributed by atoms with Crippen molar-refractivity contribution in [2.75, 3.05) is 19.7 Å². The summed E-state index contributed by atoms with van der Waals surface area (Å²) in [6.45, 7) is 5.54. The largest absolute Gasteiger partial charge is 0.463 e. The summed E-state index contributed by atoms with van der Waals surface area (Å²) in [5.74, 6) is -3.20. The summed E-state index contributed by atoms with van der Waals surface area (Å²) in [6.07, 6.45) is 2.07. The van der Waals surface area contributed by atoms with Gasteiger partial charge < -0.3 is 4.74 Å². The molecule has 182 valence electrons. The van der Waals surface area contributed by atoms with Crippen molar-refractivity contribution in [3.8, 4) is 0 Å². The highest BCUT2D eigenvalue weighted by Crippen LogP contribution is 2.58. The van der Waals surface area contributed by atoms with Crippen LogP contribution in [0.15, 0.2) is 72.3 Å². The molecule has 2 aromatic rings. The number of carbonyl (C=O) groups is 4. The van der Waals surface area contributed by atoms with Crippen LogP contribution < -0.4 is 0 Å². The Balaban J connectivity index is 2.08. The molecular weight excluding hydrogens is 444 g/mol. The number of esters is 1. The molecule has 1 saturated heterocycles. The molecule has 0 saturated carbocycles. The summed E-state index contributed by atoms with van der Waals surface area (Å²) in [6, 6.07) is 17.9. The van der Waals surface area contributed by atoms with Gasteiger partial charge in [-0.2, -0.15) is 0 Å². The van der Waals surface area contributed by atoms with E-state index in [9.17, 15) is 19.2 Å². The lowest BCUT2D eigenvalue weighted by atomic mass is 9.54. The fourth-order valence-corrected chi connectivity index (χ4v) is 5.54. The quantitative estimate of drug-likeness (QED) is 0.461. The van der Waals surface area contributed by atoms with Crippen LogP contribution in [0.25, 0.3) is 0 Å². The molecule has 0 aromatic heterocycles. The van der Waals surface area contributed by atoms with Crippen molar-refractivity contribution < 1.29 is 23.9 Å². The molecule has 1 spiro atoms. The molecule has 0 unspecified atom stereocenters. The van der Waals surface area contributed by atoms with Crippen molar-refractivity contribution in [1.29, 1.82) is 0 Å². The molecule has 2 aliphatic rings. The fourth-order valence-electron chi connectivity index (χ4n) is 5.54. The number of barbiturate groups is 1. The van der Waals surface area contributed by atoms with Crippen molar-refractivity contribution >= 4 is 23.8 Å². The second kappa shape index (κ2) is 9.86. The Kier molecular flexibility index (Phi) is 6.87. The summed E-state index contributed by atoms with van der Waals surface area (Å²) in [7, 11) is 0. The Labute approximate surface area is 205 Å².